The van der Waals surface area contributed by atoms with Crippen LogP contribution in [0.25, 0.3) is 0 Å². The number of nitrogens with zero attached hydrogens (tertiary/aromatic N) is 2. The van der Waals surface area contributed by atoms with Crippen LogP contribution in [-0.4, -0.2) is 7.05 Å². The topological polar surface area (TPSA) is 27.0 Å². The van der Waals surface area contributed by atoms with Crippen LogP contribution in [0, 0.1) is 23.0 Å². The SMILES string of the molecule is CN(Cc1ccc(F)cc1F)c1ccccc1C#N. The van der Waals surface area contributed by atoms with Crippen molar-refractivity contribution in [3.63, 3.8) is 0 Å². The zero-order valence-corrected chi connectivity index (χ0v) is 10.4. The Morgan fingerprint density at radius 2 is 1.89 bits per heavy atom. The minimum absolute atomic E-state index is 0.269. The molecule has 0 N–H and O–H groups in total. The number of para-hydroxylation sites is 1. The van der Waals surface area contributed by atoms with E-state index in [1.165, 1.54) is 12.1 Å². The largest absolute Gasteiger partial charge is 0.369 e. The van der Waals surface area contributed by atoms with Crippen LogP contribution in [-0.2, 0) is 6.54 Å². The third-order valence-corrected chi connectivity index (χ3v) is 2.86. The first-order chi connectivity index (χ1) is 9.11. The Balaban J connectivity index is 2.26. The summed E-state index contributed by atoms with van der Waals surface area (Å²) in [5, 5.41) is 9.02. The monoisotopic (exact) mass is 258 g/mol. The number of benzene rings is 2. The van der Waals surface area contributed by atoms with Gasteiger partial charge < -0.3 is 4.90 Å². The van der Waals surface area contributed by atoms with Crippen LogP contribution in [0.3, 0.4) is 0 Å². The smallest absolute Gasteiger partial charge is 0.131 e. The van der Waals surface area contributed by atoms with E-state index in [2.05, 4.69) is 6.07 Å². The van der Waals surface area contributed by atoms with Crippen molar-refractivity contribution in [2.24, 2.45) is 0 Å². The molecule has 0 aliphatic heterocycles. The molecule has 0 aromatic heterocycles. The van der Waals surface area contributed by atoms with Crippen LogP contribution in [0.2, 0.25) is 0 Å². The highest BCUT2D eigenvalue weighted by molar-refractivity contribution is 5.58. The fraction of sp³-hybridized carbons (Fsp3) is 0.133. The first-order valence-corrected chi connectivity index (χ1v) is 5.76. The van der Waals surface area contributed by atoms with Gasteiger partial charge in [-0.15, -0.1) is 0 Å². The Hall–Kier alpha value is -2.41. The Bertz CT molecular complexity index is 632. The van der Waals surface area contributed by atoms with Crippen LogP contribution in [0.5, 0.6) is 0 Å². The molecular formula is C15H12F2N2. The van der Waals surface area contributed by atoms with Crippen molar-refractivity contribution in [1.82, 2.24) is 0 Å². The van der Waals surface area contributed by atoms with E-state index in [1.54, 1.807) is 30.1 Å². The minimum atomic E-state index is -0.596. The molecule has 19 heavy (non-hydrogen) atoms. The average molecular weight is 258 g/mol. The Kier molecular flexibility index (Phi) is 3.76. The lowest BCUT2D eigenvalue weighted by molar-refractivity contribution is 0.571. The van der Waals surface area contributed by atoms with E-state index in [9.17, 15) is 8.78 Å². The molecule has 0 unspecified atom stereocenters. The predicted molar refractivity (Wildman–Crippen MR) is 69.6 cm³/mol. The molecule has 0 heterocycles. The van der Waals surface area contributed by atoms with Gasteiger partial charge in [0.2, 0.25) is 0 Å². The quantitative estimate of drug-likeness (QED) is 0.842. The predicted octanol–water partition coefficient (Wildman–Crippen LogP) is 3.47. The summed E-state index contributed by atoms with van der Waals surface area (Å²) in [4.78, 5) is 1.76. The van der Waals surface area contributed by atoms with Gasteiger partial charge in [0, 0.05) is 25.2 Å². The molecule has 0 saturated heterocycles. The normalized spacial score (nSPS) is 10.0. The molecule has 0 radical (unpaired) electrons. The summed E-state index contributed by atoms with van der Waals surface area (Å²) in [7, 11) is 1.76. The lowest BCUT2D eigenvalue weighted by atomic mass is 10.1. The molecule has 0 spiro atoms. The highest BCUT2D eigenvalue weighted by atomic mass is 19.1. The highest BCUT2D eigenvalue weighted by Gasteiger charge is 2.10. The number of anilines is 1. The Morgan fingerprint density at radius 1 is 1.16 bits per heavy atom. The van der Waals surface area contributed by atoms with Gasteiger partial charge in [-0.1, -0.05) is 18.2 Å². The molecule has 96 valence electrons. The summed E-state index contributed by atoms with van der Waals surface area (Å²) >= 11 is 0. The van der Waals surface area contributed by atoms with Crippen molar-refractivity contribution in [2.75, 3.05) is 11.9 Å². The van der Waals surface area contributed by atoms with Crippen molar-refractivity contribution in [3.05, 3.63) is 65.2 Å². The lowest BCUT2D eigenvalue weighted by Gasteiger charge is -2.20. The van der Waals surface area contributed by atoms with Gasteiger partial charge >= 0.3 is 0 Å². The van der Waals surface area contributed by atoms with E-state index in [-0.39, 0.29) is 6.54 Å². The maximum absolute atomic E-state index is 13.6. The van der Waals surface area contributed by atoms with Crippen LogP contribution in [0.15, 0.2) is 42.5 Å². The van der Waals surface area contributed by atoms with E-state index in [0.717, 1.165) is 6.07 Å². The molecule has 0 aliphatic carbocycles. The minimum Gasteiger partial charge on any atom is -0.369 e. The number of halogens is 2. The maximum Gasteiger partial charge on any atom is 0.131 e. The van der Waals surface area contributed by atoms with E-state index in [0.29, 0.717) is 16.8 Å². The second kappa shape index (κ2) is 5.49. The van der Waals surface area contributed by atoms with Gasteiger partial charge in [-0.25, -0.2) is 8.78 Å². The van der Waals surface area contributed by atoms with Crippen LogP contribution >= 0.6 is 0 Å². The summed E-state index contributed by atoms with van der Waals surface area (Å²) in [5.74, 6) is -1.18. The van der Waals surface area contributed by atoms with E-state index in [1.807, 2.05) is 6.07 Å². The summed E-state index contributed by atoms with van der Waals surface area (Å²) in [6, 6.07) is 12.7. The number of hydrogen-bond acceptors (Lipinski definition) is 2. The van der Waals surface area contributed by atoms with Gasteiger partial charge in [-0.3, -0.25) is 0 Å². The number of nitriles is 1. The molecule has 0 amide bonds. The number of rotatable bonds is 3. The van der Waals surface area contributed by atoms with Crippen molar-refractivity contribution in [2.45, 2.75) is 6.54 Å². The molecule has 0 saturated carbocycles. The first-order valence-electron chi connectivity index (χ1n) is 5.76. The average Bonchev–Trinajstić information content (AvgIpc) is 2.41. The van der Waals surface area contributed by atoms with E-state index < -0.39 is 11.6 Å². The summed E-state index contributed by atoms with van der Waals surface area (Å²) in [6.07, 6.45) is 0. The van der Waals surface area contributed by atoms with Gasteiger partial charge in [0.25, 0.3) is 0 Å². The second-order valence-electron chi connectivity index (χ2n) is 4.22. The van der Waals surface area contributed by atoms with Gasteiger partial charge in [0.1, 0.15) is 17.7 Å². The summed E-state index contributed by atoms with van der Waals surface area (Å²) < 4.78 is 26.4. The van der Waals surface area contributed by atoms with Crippen molar-refractivity contribution in [3.8, 4) is 6.07 Å². The molecule has 2 nitrogen and oxygen atoms in total. The van der Waals surface area contributed by atoms with E-state index in [4.69, 9.17) is 5.26 Å². The van der Waals surface area contributed by atoms with Crippen LogP contribution in [0.1, 0.15) is 11.1 Å². The standard InChI is InChI=1S/C15H12F2N2/c1-19(15-5-3-2-4-11(15)9-18)10-12-6-7-13(16)8-14(12)17/h2-8H,10H2,1H3. The van der Waals surface area contributed by atoms with Crippen molar-refractivity contribution >= 4 is 5.69 Å². The van der Waals surface area contributed by atoms with Gasteiger partial charge in [0.15, 0.2) is 0 Å². The Morgan fingerprint density at radius 3 is 2.58 bits per heavy atom. The second-order valence-corrected chi connectivity index (χ2v) is 4.22. The van der Waals surface area contributed by atoms with Gasteiger partial charge in [0.05, 0.1) is 11.3 Å². The van der Waals surface area contributed by atoms with Gasteiger partial charge in [-0.2, -0.15) is 5.26 Å². The highest BCUT2D eigenvalue weighted by Crippen LogP contribution is 2.21. The fourth-order valence-electron chi connectivity index (χ4n) is 1.89. The molecular weight excluding hydrogens is 246 g/mol. The van der Waals surface area contributed by atoms with Gasteiger partial charge in [-0.05, 0) is 18.2 Å². The van der Waals surface area contributed by atoms with Crippen molar-refractivity contribution in [1.29, 1.82) is 5.26 Å². The first kappa shape index (κ1) is 13.0. The molecule has 0 atom stereocenters. The third kappa shape index (κ3) is 2.89. The maximum atomic E-state index is 13.6. The number of hydrogen-bond donors (Lipinski definition) is 0. The zero-order valence-electron chi connectivity index (χ0n) is 10.4. The molecule has 0 fully saturated rings. The Labute approximate surface area is 110 Å². The molecule has 0 aliphatic rings. The van der Waals surface area contributed by atoms with Crippen LogP contribution < -0.4 is 4.90 Å². The molecule has 0 bridgehead atoms. The van der Waals surface area contributed by atoms with Crippen molar-refractivity contribution < 1.29 is 8.78 Å². The fourth-order valence-corrected chi connectivity index (χ4v) is 1.89. The van der Waals surface area contributed by atoms with E-state index >= 15 is 0 Å². The lowest BCUT2D eigenvalue weighted by Crippen LogP contribution is -2.18. The summed E-state index contributed by atoms with van der Waals surface area (Å²) in [5.41, 5.74) is 1.62. The molecule has 2 rings (SSSR count). The zero-order chi connectivity index (χ0) is 13.8. The summed E-state index contributed by atoms with van der Waals surface area (Å²) in [6.45, 7) is 0.269. The molecule has 2 aromatic carbocycles. The molecule has 2 aromatic rings. The molecule has 4 heteroatoms. The third-order valence-electron chi connectivity index (χ3n) is 2.86. The van der Waals surface area contributed by atoms with Crippen LogP contribution in [0.4, 0.5) is 14.5 Å².